The van der Waals surface area contributed by atoms with Crippen molar-refractivity contribution in [3.63, 3.8) is 0 Å². The first-order valence-corrected chi connectivity index (χ1v) is 42.2. The molecule has 0 bridgehead atoms. The SMILES string of the molecule is COC(C)(C)C(C)(C)O[As]1(c2ccc([N+](C)=c3ccc4c(-c5ccccc5S(=O)(=O)NCCCCOP(OCCC#N)N(C(C)C)C(C)C)c5ccc(N(C)c6ccc([As]78(OC(C)(C)C(C)(C)O7)OC(C)(C)C(C)(C)O8)cc6)cc5oc-4c3)cc2)OC(C)(C)C(C)(C)O1. The Labute approximate surface area is 560 Å². The number of fused-ring (bicyclic) bond motifs is 2. The van der Waals surface area contributed by atoms with E-state index in [2.05, 4.69) is 64.8 Å². The van der Waals surface area contributed by atoms with Crippen LogP contribution in [0.4, 0.5) is 17.1 Å². The van der Waals surface area contributed by atoms with Crippen molar-refractivity contribution in [1.82, 2.24) is 14.0 Å². The molecule has 4 heterocycles. The summed E-state index contributed by atoms with van der Waals surface area (Å²) in [6.07, 6.45) is 1.35. The van der Waals surface area contributed by atoms with E-state index in [-0.39, 0.29) is 36.6 Å². The van der Waals surface area contributed by atoms with E-state index in [1.807, 2.05) is 210 Å². The summed E-state index contributed by atoms with van der Waals surface area (Å²) >= 11 is -9.28. The molecule has 1 atom stereocenters. The number of hydrogen-bond acceptors (Lipinski definition) is 16. The van der Waals surface area contributed by atoms with Gasteiger partial charge in [-0.05, 0) is 46.6 Å². The van der Waals surface area contributed by atoms with Crippen molar-refractivity contribution in [3.8, 4) is 28.5 Å². The summed E-state index contributed by atoms with van der Waals surface area (Å²) in [5.41, 5.74) is -0.669. The number of ether oxygens (including phenoxy) is 1. The average Bonchev–Trinajstić information content (AvgIpc) is 1.50. The van der Waals surface area contributed by atoms with E-state index in [1.54, 1.807) is 19.2 Å². The molecule has 22 heteroatoms. The third-order valence-corrected chi connectivity index (χ3v) is 38.6. The van der Waals surface area contributed by atoms with E-state index in [0.29, 0.717) is 47.3 Å². The molecule has 1 spiro atoms. The maximum atomic E-state index is 14.8. The number of rotatable bonds is 24. The van der Waals surface area contributed by atoms with Crippen LogP contribution in [0.2, 0.25) is 0 Å². The Morgan fingerprint density at radius 2 is 1.23 bits per heavy atom. The summed E-state index contributed by atoms with van der Waals surface area (Å²) in [6.45, 7) is 41.6. The van der Waals surface area contributed by atoms with Crippen molar-refractivity contribution < 1.29 is 52.7 Å². The summed E-state index contributed by atoms with van der Waals surface area (Å²) < 4.78 is 113. The molecule has 3 saturated heterocycles. The molecule has 4 aliphatic heterocycles. The Hall–Kier alpha value is -4.12. The molecule has 5 aliphatic rings. The number of benzene rings is 5. The first-order valence-electron chi connectivity index (χ1n) is 32.3. The molecule has 509 valence electrons. The number of unbranched alkanes of at least 4 members (excludes halogenated alkanes) is 1. The van der Waals surface area contributed by atoms with E-state index in [1.165, 1.54) is 0 Å². The van der Waals surface area contributed by atoms with Gasteiger partial charge in [0.05, 0.1) is 25.7 Å². The summed E-state index contributed by atoms with van der Waals surface area (Å²) in [5, 5.41) is 10.7. The van der Waals surface area contributed by atoms with Crippen LogP contribution in [-0.2, 0) is 49.9 Å². The van der Waals surface area contributed by atoms with Gasteiger partial charge in [-0.2, -0.15) is 5.26 Å². The predicted octanol–water partition coefficient (Wildman–Crippen LogP) is 13.8. The van der Waals surface area contributed by atoms with Crippen LogP contribution in [0.5, 0.6) is 0 Å². The van der Waals surface area contributed by atoms with Crippen molar-refractivity contribution in [3.05, 3.63) is 115 Å². The molecule has 0 saturated carbocycles. The molecule has 9 rings (SSSR count). The van der Waals surface area contributed by atoms with Crippen molar-refractivity contribution in [1.29, 1.82) is 5.26 Å². The fourth-order valence-electron chi connectivity index (χ4n) is 11.6. The zero-order valence-electron chi connectivity index (χ0n) is 59.1. The Kier molecular flexibility index (Phi) is 20.4. The van der Waals surface area contributed by atoms with Crippen LogP contribution in [0, 0.1) is 11.3 Å². The van der Waals surface area contributed by atoms with Crippen LogP contribution in [0.25, 0.3) is 33.4 Å². The standard InChI is InChI=1S/C71H102As2N5O13PS/c1-49(2)78(50(3)4)92(83-46-28-43-74)82-45-27-26-44-75-93(79,80)62-30-25-24-29-59(62)63-57-41-39-55(76(21)53-35-31-51(32-36-53)72(85-65(7,8)64(5,6)81-23)86-66(9,10)67(11,12)87-72)47-60(57)84-61-48-56(40-42-58(61)63)77(22)54-37-33-52(34-38-54)73(88-68(13,14)69(15,16)89-73)90-70(17,18)71(19,20)91-73/h24-25,29-42,47-50,75H,26-28,44-46H2,1-23H3/q+1. The third kappa shape index (κ3) is 13.8. The van der Waals surface area contributed by atoms with Gasteiger partial charge < -0.3 is 9.05 Å². The quantitative estimate of drug-likeness (QED) is 0.0198. The number of nitrogens with zero attached hydrogens (tertiary/aromatic N) is 4. The third-order valence-electron chi connectivity index (χ3n) is 19.7. The fraction of sp³-hybridized carbons (Fsp3) is 0.549. The first kappa shape index (κ1) is 73.1. The average molecular weight is 1450 g/mol. The number of nitriles is 1. The van der Waals surface area contributed by atoms with Gasteiger partial charge in [-0.3, -0.25) is 0 Å². The maximum absolute atomic E-state index is 14.8. The summed E-state index contributed by atoms with van der Waals surface area (Å²) in [5.74, 6) is 0.537. The second-order valence-electron chi connectivity index (χ2n) is 29.2. The molecule has 18 nitrogen and oxygen atoms in total. The van der Waals surface area contributed by atoms with Gasteiger partial charge in [-0.25, -0.2) is 17.8 Å². The molecule has 93 heavy (non-hydrogen) atoms. The van der Waals surface area contributed by atoms with Gasteiger partial charge in [-0.15, -0.1) is 0 Å². The minimum absolute atomic E-state index is 0.129. The van der Waals surface area contributed by atoms with E-state index >= 15 is 0 Å². The molecule has 0 amide bonds. The van der Waals surface area contributed by atoms with Gasteiger partial charge >= 0.3 is 410 Å². The van der Waals surface area contributed by atoms with Crippen LogP contribution in [0.1, 0.15) is 158 Å². The molecule has 1 aliphatic carbocycles. The second-order valence-corrected chi connectivity index (χ2v) is 42.7. The van der Waals surface area contributed by atoms with Gasteiger partial charge in [0.15, 0.2) is 0 Å². The monoisotopic (exact) mass is 1450 g/mol. The van der Waals surface area contributed by atoms with Crippen molar-refractivity contribution in [2.75, 3.05) is 45.9 Å². The second kappa shape index (κ2) is 25.9. The van der Waals surface area contributed by atoms with Crippen LogP contribution in [-0.4, -0.2) is 139 Å². The molecule has 1 unspecified atom stereocenters. The molecule has 1 N–H and O–H groups in total. The zero-order valence-corrected chi connectivity index (χ0v) is 64.6. The first-order chi connectivity index (χ1) is 43.0. The number of anilines is 2. The minimum atomic E-state index is -5.20. The van der Waals surface area contributed by atoms with Gasteiger partial charge in [0.2, 0.25) is 10.0 Å². The molecule has 4 aromatic rings. The van der Waals surface area contributed by atoms with Crippen LogP contribution in [0.15, 0.2) is 119 Å². The predicted molar refractivity (Wildman–Crippen MR) is 374 cm³/mol. The van der Waals surface area contributed by atoms with Crippen LogP contribution >= 0.6 is 8.53 Å². The Balaban J connectivity index is 1.10. The van der Waals surface area contributed by atoms with Crippen molar-refractivity contribution >= 4 is 83.7 Å². The Morgan fingerprint density at radius 3 is 1.77 bits per heavy atom. The number of sulfonamides is 1. The van der Waals surface area contributed by atoms with Crippen LogP contribution in [0.3, 0.4) is 0 Å². The fourth-order valence-corrected chi connectivity index (χ4v) is 32.8. The number of nitrogens with one attached hydrogen (secondary N) is 1. The number of methoxy groups -OCH3 is 1. The summed E-state index contributed by atoms with van der Waals surface area (Å²) in [4.78, 5) is 2.20. The van der Waals surface area contributed by atoms with Gasteiger partial charge in [0.1, 0.15) is 0 Å². The summed E-state index contributed by atoms with van der Waals surface area (Å²) in [6, 6.07) is 37.9. The Morgan fingerprint density at radius 1 is 0.677 bits per heavy atom. The van der Waals surface area contributed by atoms with Crippen LogP contribution < -0.4 is 28.3 Å². The molecular weight excluding hydrogens is 1340 g/mol. The molecule has 3 fully saturated rings. The molecule has 1 radical (unpaired) electrons. The topological polar surface area (TPSA) is 185 Å². The van der Waals surface area contributed by atoms with Gasteiger partial charge in [0, 0.05) is 18.6 Å². The molecular formula is C71H102As2N5O13PS+. The summed E-state index contributed by atoms with van der Waals surface area (Å²) in [7, 11) is 0.166. The van der Waals surface area contributed by atoms with Gasteiger partial charge in [-0.1, -0.05) is 12.1 Å². The molecule has 0 aromatic heterocycles. The van der Waals surface area contributed by atoms with Gasteiger partial charge in [0.25, 0.3) is 8.53 Å². The number of hydrogen-bond donors (Lipinski definition) is 1. The van der Waals surface area contributed by atoms with Crippen molar-refractivity contribution in [2.24, 2.45) is 0 Å². The van der Waals surface area contributed by atoms with E-state index in [0.717, 1.165) is 36.7 Å². The Bertz CT molecular complexity index is 3820. The molecule has 4 aromatic carbocycles. The van der Waals surface area contributed by atoms with E-state index in [4.69, 9.17) is 44.3 Å². The van der Waals surface area contributed by atoms with E-state index < -0.39 is 91.7 Å². The zero-order chi connectivity index (χ0) is 68.6. The van der Waals surface area contributed by atoms with Crippen molar-refractivity contribution in [2.45, 2.75) is 220 Å². The van der Waals surface area contributed by atoms with E-state index in [9.17, 15) is 13.7 Å². The normalized spacial score (nSPS) is 21.1.